The lowest BCUT2D eigenvalue weighted by molar-refractivity contribution is 0.133. The van der Waals surface area contributed by atoms with Crippen molar-refractivity contribution in [2.45, 2.75) is 12.8 Å². The molecule has 1 aliphatic rings. The van der Waals surface area contributed by atoms with Gasteiger partial charge >= 0.3 is 0 Å². The minimum absolute atomic E-state index is 0.232. The number of hydrogen-bond acceptors (Lipinski definition) is 3. The molecule has 1 unspecified atom stereocenters. The van der Waals surface area contributed by atoms with Gasteiger partial charge in [-0.3, -0.25) is 0 Å². The topological polar surface area (TPSA) is 26.7 Å². The van der Waals surface area contributed by atoms with Crippen LogP contribution in [0.1, 0.15) is 17.0 Å². The average molecular weight is 248 g/mol. The van der Waals surface area contributed by atoms with Crippen LogP contribution in [0.15, 0.2) is 24.3 Å². The lowest BCUT2D eigenvalue weighted by atomic mass is 9.98. The van der Waals surface area contributed by atoms with Crippen LogP contribution in [0.4, 0.5) is 0 Å². The molecule has 1 fully saturated rings. The molecule has 1 N–H and O–H groups in total. The number of aliphatic hydroxyl groups excluding tert-OH is 1. The molecular weight excluding hydrogens is 224 g/mol. The van der Waals surface area contributed by atoms with Crippen LogP contribution >= 0.6 is 0 Å². The van der Waals surface area contributed by atoms with Gasteiger partial charge in [0.25, 0.3) is 0 Å². The van der Waals surface area contributed by atoms with Crippen molar-refractivity contribution in [2.75, 3.05) is 46.4 Å². The van der Waals surface area contributed by atoms with E-state index in [1.54, 1.807) is 0 Å². The maximum absolute atomic E-state index is 9.59. The lowest BCUT2D eigenvalue weighted by Crippen LogP contribution is -2.46. The third-order valence-electron chi connectivity index (χ3n) is 3.84. The summed E-state index contributed by atoms with van der Waals surface area (Å²) in [5, 5.41) is 9.59. The van der Waals surface area contributed by atoms with E-state index in [0.29, 0.717) is 0 Å². The van der Waals surface area contributed by atoms with Gasteiger partial charge in [-0.25, -0.2) is 0 Å². The zero-order valence-corrected chi connectivity index (χ0v) is 11.5. The number of hydrogen-bond donors (Lipinski definition) is 1. The molecule has 1 heterocycles. The number of piperazine rings is 1. The minimum Gasteiger partial charge on any atom is -0.396 e. The van der Waals surface area contributed by atoms with E-state index in [4.69, 9.17) is 0 Å². The van der Waals surface area contributed by atoms with E-state index in [-0.39, 0.29) is 12.5 Å². The van der Waals surface area contributed by atoms with Gasteiger partial charge in [-0.05, 0) is 19.5 Å². The second-order valence-electron chi connectivity index (χ2n) is 5.39. The second-order valence-corrected chi connectivity index (χ2v) is 5.39. The Balaban J connectivity index is 1.94. The Hall–Kier alpha value is -0.900. The van der Waals surface area contributed by atoms with Gasteiger partial charge in [0.05, 0.1) is 6.61 Å². The molecule has 0 radical (unpaired) electrons. The molecule has 3 heteroatoms. The van der Waals surface area contributed by atoms with Gasteiger partial charge in [0, 0.05) is 38.6 Å². The van der Waals surface area contributed by atoms with Crippen LogP contribution in [0.2, 0.25) is 0 Å². The molecule has 1 aromatic rings. The average Bonchev–Trinajstić information content (AvgIpc) is 2.39. The van der Waals surface area contributed by atoms with Crippen molar-refractivity contribution in [2.24, 2.45) is 0 Å². The van der Waals surface area contributed by atoms with Gasteiger partial charge in [0.15, 0.2) is 0 Å². The highest BCUT2D eigenvalue weighted by Crippen LogP contribution is 2.18. The molecule has 1 atom stereocenters. The summed E-state index contributed by atoms with van der Waals surface area (Å²) in [6.45, 7) is 7.77. The monoisotopic (exact) mass is 248 g/mol. The van der Waals surface area contributed by atoms with Crippen molar-refractivity contribution in [3.8, 4) is 0 Å². The summed E-state index contributed by atoms with van der Waals surface area (Å²) >= 11 is 0. The van der Waals surface area contributed by atoms with Crippen LogP contribution < -0.4 is 0 Å². The van der Waals surface area contributed by atoms with Crippen molar-refractivity contribution < 1.29 is 5.11 Å². The van der Waals surface area contributed by atoms with E-state index in [1.807, 2.05) is 0 Å². The largest absolute Gasteiger partial charge is 0.396 e. The SMILES string of the molecule is Cc1ccc(C(CO)CN2CCN(C)CC2)cc1. The van der Waals surface area contributed by atoms with Crippen LogP contribution in [-0.4, -0.2) is 61.3 Å². The van der Waals surface area contributed by atoms with Crippen LogP contribution in [0.5, 0.6) is 0 Å². The quantitative estimate of drug-likeness (QED) is 0.870. The van der Waals surface area contributed by atoms with Crippen molar-refractivity contribution in [3.05, 3.63) is 35.4 Å². The highest BCUT2D eigenvalue weighted by molar-refractivity contribution is 5.24. The molecule has 0 amide bonds. The molecule has 0 saturated carbocycles. The Bertz CT molecular complexity index is 355. The number of aryl methyl sites for hydroxylation is 1. The van der Waals surface area contributed by atoms with Crippen molar-refractivity contribution >= 4 is 0 Å². The van der Waals surface area contributed by atoms with Gasteiger partial charge in [0.1, 0.15) is 0 Å². The first-order chi connectivity index (χ1) is 8.69. The van der Waals surface area contributed by atoms with E-state index in [1.165, 1.54) is 11.1 Å². The van der Waals surface area contributed by atoms with Crippen molar-refractivity contribution in [3.63, 3.8) is 0 Å². The Morgan fingerprint density at radius 2 is 1.72 bits per heavy atom. The summed E-state index contributed by atoms with van der Waals surface area (Å²) in [5.41, 5.74) is 2.53. The van der Waals surface area contributed by atoms with E-state index >= 15 is 0 Å². The maximum Gasteiger partial charge on any atom is 0.0512 e. The zero-order chi connectivity index (χ0) is 13.0. The molecule has 0 spiro atoms. The number of likely N-dealkylation sites (N-methyl/N-ethyl adjacent to an activating group) is 1. The molecule has 0 bridgehead atoms. The van der Waals surface area contributed by atoms with E-state index < -0.39 is 0 Å². The number of rotatable bonds is 4. The fourth-order valence-corrected chi connectivity index (χ4v) is 2.45. The molecule has 1 aromatic carbocycles. The number of nitrogens with zero attached hydrogens (tertiary/aromatic N) is 2. The molecule has 18 heavy (non-hydrogen) atoms. The Labute approximate surface area is 110 Å². The fourth-order valence-electron chi connectivity index (χ4n) is 2.45. The smallest absolute Gasteiger partial charge is 0.0512 e. The van der Waals surface area contributed by atoms with Crippen molar-refractivity contribution in [1.29, 1.82) is 0 Å². The molecule has 3 nitrogen and oxygen atoms in total. The number of aliphatic hydroxyl groups is 1. The van der Waals surface area contributed by atoms with E-state index in [2.05, 4.69) is 48.0 Å². The summed E-state index contributed by atoms with van der Waals surface area (Å²) in [5.74, 6) is 0.244. The second kappa shape index (κ2) is 6.32. The first kappa shape index (κ1) is 13.5. The predicted octanol–water partition coefficient (Wildman–Crippen LogP) is 1.32. The number of benzene rings is 1. The van der Waals surface area contributed by atoms with Gasteiger partial charge in [-0.2, -0.15) is 0 Å². The van der Waals surface area contributed by atoms with Gasteiger partial charge in [0.2, 0.25) is 0 Å². The molecule has 100 valence electrons. The van der Waals surface area contributed by atoms with Gasteiger partial charge < -0.3 is 14.9 Å². The highest BCUT2D eigenvalue weighted by atomic mass is 16.3. The third kappa shape index (κ3) is 3.55. The molecule has 2 rings (SSSR count). The zero-order valence-electron chi connectivity index (χ0n) is 11.5. The first-order valence-electron chi connectivity index (χ1n) is 6.77. The normalized spacial score (nSPS) is 19.9. The molecule has 1 aliphatic heterocycles. The van der Waals surface area contributed by atoms with Crippen molar-refractivity contribution in [1.82, 2.24) is 9.80 Å². The van der Waals surface area contributed by atoms with E-state index in [0.717, 1.165) is 32.7 Å². The molecular formula is C15H24N2O. The summed E-state index contributed by atoms with van der Waals surface area (Å²) in [7, 11) is 2.17. The van der Waals surface area contributed by atoms with Crippen LogP contribution in [0.3, 0.4) is 0 Å². The highest BCUT2D eigenvalue weighted by Gasteiger charge is 2.18. The predicted molar refractivity (Wildman–Crippen MR) is 74.9 cm³/mol. The van der Waals surface area contributed by atoms with Gasteiger partial charge in [-0.15, -0.1) is 0 Å². The lowest BCUT2D eigenvalue weighted by Gasteiger charge is -2.34. The summed E-state index contributed by atoms with van der Waals surface area (Å²) in [6.07, 6.45) is 0. The van der Waals surface area contributed by atoms with E-state index in [9.17, 15) is 5.11 Å². The fraction of sp³-hybridized carbons (Fsp3) is 0.600. The molecule has 0 aromatic heterocycles. The van der Waals surface area contributed by atoms with Crippen LogP contribution in [0.25, 0.3) is 0 Å². The third-order valence-corrected chi connectivity index (χ3v) is 3.84. The Morgan fingerprint density at radius 1 is 1.11 bits per heavy atom. The molecule has 1 saturated heterocycles. The summed E-state index contributed by atoms with van der Waals surface area (Å²) < 4.78 is 0. The first-order valence-corrected chi connectivity index (χ1v) is 6.77. The Kier molecular flexibility index (Phi) is 4.75. The standard InChI is InChI=1S/C15H24N2O/c1-13-3-5-14(6-4-13)15(12-18)11-17-9-7-16(2)8-10-17/h3-6,15,18H,7-12H2,1-2H3. The van der Waals surface area contributed by atoms with Gasteiger partial charge in [-0.1, -0.05) is 29.8 Å². The summed E-state index contributed by atoms with van der Waals surface area (Å²) in [6, 6.07) is 8.54. The van der Waals surface area contributed by atoms with Crippen LogP contribution in [0, 0.1) is 6.92 Å². The minimum atomic E-state index is 0.232. The maximum atomic E-state index is 9.59. The summed E-state index contributed by atoms with van der Waals surface area (Å²) in [4.78, 5) is 4.82. The molecule has 0 aliphatic carbocycles. The Morgan fingerprint density at radius 3 is 2.28 bits per heavy atom. The van der Waals surface area contributed by atoms with Crippen LogP contribution in [-0.2, 0) is 0 Å².